The first-order valence-corrected chi connectivity index (χ1v) is 8.33. The van der Waals surface area contributed by atoms with Crippen LogP contribution in [0.25, 0.3) is 0 Å². The van der Waals surface area contributed by atoms with Gasteiger partial charge in [-0.2, -0.15) is 0 Å². The van der Waals surface area contributed by atoms with E-state index in [1.807, 2.05) is 12.1 Å². The number of para-hydroxylation sites is 1. The summed E-state index contributed by atoms with van der Waals surface area (Å²) in [6.07, 6.45) is 3.33. The van der Waals surface area contributed by atoms with Gasteiger partial charge in [0.2, 0.25) is 0 Å². The Hall–Kier alpha value is -3.94. The standard InChI is InChI=1S/C20H17N3O5/c1-27-18-7-6-15(12-19(18)28-13-14-8-10-21-11-9-14)22-20(24)16-4-2-3-5-17(16)23(25)26/h2-12H,13H2,1H3,(H,22,24). The number of nitrogens with one attached hydrogen (secondary N) is 1. The van der Waals surface area contributed by atoms with E-state index in [4.69, 9.17) is 9.47 Å². The molecule has 1 N–H and O–H groups in total. The number of nitrogens with zero attached hydrogens (tertiary/aromatic N) is 2. The molecule has 0 aliphatic rings. The van der Waals surface area contributed by atoms with Crippen LogP contribution in [0, 0.1) is 10.1 Å². The van der Waals surface area contributed by atoms with Gasteiger partial charge in [-0.3, -0.25) is 19.9 Å². The van der Waals surface area contributed by atoms with Crippen LogP contribution in [-0.4, -0.2) is 22.9 Å². The first-order valence-electron chi connectivity index (χ1n) is 8.33. The SMILES string of the molecule is COc1ccc(NC(=O)c2ccccc2[N+](=O)[O-])cc1OCc1ccncc1. The highest BCUT2D eigenvalue weighted by Crippen LogP contribution is 2.31. The van der Waals surface area contributed by atoms with Gasteiger partial charge in [-0.05, 0) is 35.9 Å². The molecule has 0 spiro atoms. The summed E-state index contributed by atoms with van der Waals surface area (Å²) in [4.78, 5) is 27.0. The molecule has 3 rings (SSSR count). The lowest BCUT2D eigenvalue weighted by Gasteiger charge is -2.13. The Morgan fingerprint density at radius 2 is 1.86 bits per heavy atom. The van der Waals surface area contributed by atoms with E-state index < -0.39 is 10.8 Å². The van der Waals surface area contributed by atoms with E-state index in [9.17, 15) is 14.9 Å². The maximum absolute atomic E-state index is 12.5. The molecule has 0 aliphatic carbocycles. The number of carbonyl (C=O) groups is 1. The van der Waals surface area contributed by atoms with Crippen LogP contribution in [0.1, 0.15) is 15.9 Å². The van der Waals surface area contributed by atoms with Crippen LogP contribution in [0.2, 0.25) is 0 Å². The molecule has 0 saturated carbocycles. The normalized spacial score (nSPS) is 10.2. The summed E-state index contributed by atoms with van der Waals surface area (Å²) in [6, 6.07) is 14.3. The number of hydrogen-bond acceptors (Lipinski definition) is 6. The fourth-order valence-electron chi connectivity index (χ4n) is 2.53. The van der Waals surface area contributed by atoms with Gasteiger partial charge in [0.25, 0.3) is 11.6 Å². The van der Waals surface area contributed by atoms with Crippen molar-refractivity contribution in [3.05, 3.63) is 88.2 Å². The van der Waals surface area contributed by atoms with Crippen molar-refractivity contribution in [3.63, 3.8) is 0 Å². The zero-order valence-corrected chi connectivity index (χ0v) is 15.0. The van der Waals surface area contributed by atoms with E-state index in [2.05, 4.69) is 10.3 Å². The van der Waals surface area contributed by atoms with Crippen LogP contribution < -0.4 is 14.8 Å². The summed E-state index contributed by atoms with van der Waals surface area (Å²) in [5.41, 5.74) is 1.06. The van der Waals surface area contributed by atoms with Crippen molar-refractivity contribution in [2.45, 2.75) is 6.61 Å². The van der Waals surface area contributed by atoms with Gasteiger partial charge in [-0.25, -0.2) is 0 Å². The maximum atomic E-state index is 12.5. The molecular weight excluding hydrogens is 362 g/mol. The first kappa shape index (κ1) is 18.8. The van der Waals surface area contributed by atoms with E-state index in [-0.39, 0.29) is 11.3 Å². The summed E-state index contributed by atoms with van der Waals surface area (Å²) in [5.74, 6) is 0.343. The summed E-state index contributed by atoms with van der Waals surface area (Å²) >= 11 is 0. The molecule has 0 bridgehead atoms. The van der Waals surface area contributed by atoms with E-state index in [0.717, 1.165) is 5.56 Å². The van der Waals surface area contributed by atoms with Crippen molar-refractivity contribution in [1.29, 1.82) is 0 Å². The minimum absolute atomic E-state index is 0.0254. The van der Waals surface area contributed by atoms with E-state index in [0.29, 0.717) is 23.8 Å². The predicted octanol–water partition coefficient (Wildman–Crippen LogP) is 3.83. The molecule has 2 aromatic carbocycles. The lowest BCUT2D eigenvalue weighted by molar-refractivity contribution is -0.385. The molecule has 8 heteroatoms. The monoisotopic (exact) mass is 379 g/mol. The fraction of sp³-hybridized carbons (Fsp3) is 0.100. The summed E-state index contributed by atoms with van der Waals surface area (Å²) in [7, 11) is 1.51. The highest BCUT2D eigenvalue weighted by atomic mass is 16.6. The van der Waals surface area contributed by atoms with Gasteiger partial charge in [-0.15, -0.1) is 0 Å². The molecule has 0 radical (unpaired) electrons. The van der Waals surface area contributed by atoms with Gasteiger partial charge < -0.3 is 14.8 Å². The van der Waals surface area contributed by atoms with E-state index in [1.54, 1.807) is 36.7 Å². The fourth-order valence-corrected chi connectivity index (χ4v) is 2.53. The number of amides is 1. The Balaban J connectivity index is 1.79. The zero-order chi connectivity index (χ0) is 19.9. The molecule has 1 aromatic heterocycles. The second-order valence-electron chi connectivity index (χ2n) is 5.74. The minimum Gasteiger partial charge on any atom is -0.493 e. The van der Waals surface area contributed by atoms with Crippen LogP contribution in [0.3, 0.4) is 0 Å². The van der Waals surface area contributed by atoms with E-state index in [1.165, 1.54) is 25.3 Å². The van der Waals surface area contributed by atoms with Crippen molar-refractivity contribution >= 4 is 17.3 Å². The summed E-state index contributed by atoms with van der Waals surface area (Å²) in [5, 5.41) is 13.8. The predicted molar refractivity (Wildman–Crippen MR) is 103 cm³/mol. The lowest BCUT2D eigenvalue weighted by atomic mass is 10.1. The average molecular weight is 379 g/mol. The largest absolute Gasteiger partial charge is 0.493 e. The number of carbonyl (C=O) groups excluding carboxylic acids is 1. The van der Waals surface area contributed by atoms with Crippen LogP contribution in [-0.2, 0) is 6.61 Å². The molecule has 1 heterocycles. The van der Waals surface area contributed by atoms with Gasteiger partial charge in [0.15, 0.2) is 11.5 Å². The summed E-state index contributed by atoms with van der Waals surface area (Å²) < 4.78 is 11.1. The molecule has 8 nitrogen and oxygen atoms in total. The number of benzene rings is 2. The third kappa shape index (κ3) is 4.42. The molecule has 142 valence electrons. The zero-order valence-electron chi connectivity index (χ0n) is 15.0. The van der Waals surface area contributed by atoms with Gasteiger partial charge in [-0.1, -0.05) is 12.1 Å². The number of hydrogen-bond donors (Lipinski definition) is 1. The van der Waals surface area contributed by atoms with Crippen LogP contribution in [0.15, 0.2) is 67.0 Å². The molecular formula is C20H17N3O5. The minimum atomic E-state index is -0.591. The number of anilines is 1. The Labute approximate surface area is 160 Å². The second-order valence-corrected chi connectivity index (χ2v) is 5.74. The molecule has 0 saturated heterocycles. The van der Waals surface area contributed by atoms with Gasteiger partial charge in [0.05, 0.1) is 12.0 Å². The van der Waals surface area contributed by atoms with Gasteiger partial charge in [0, 0.05) is 30.2 Å². The number of pyridine rings is 1. The Morgan fingerprint density at radius 3 is 2.57 bits per heavy atom. The average Bonchev–Trinajstić information content (AvgIpc) is 2.73. The second kappa shape index (κ2) is 8.63. The number of ether oxygens (including phenoxy) is 2. The maximum Gasteiger partial charge on any atom is 0.282 e. The van der Waals surface area contributed by atoms with Crippen molar-refractivity contribution in [2.75, 3.05) is 12.4 Å². The van der Waals surface area contributed by atoms with Gasteiger partial charge >= 0.3 is 0 Å². The van der Waals surface area contributed by atoms with Crippen molar-refractivity contribution in [2.24, 2.45) is 0 Å². The Morgan fingerprint density at radius 1 is 1.11 bits per heavy atom. The smallest absolute Gasteiger partial charge is 0.282 e. The lowest BCUT2D eigenvalue weighted by Crippen LogP contribution is -2.14. The Bertz CT molecular complexity index is 992. The van der Waals surface area contributed by atoms with Crippen molar-refractivity contribution in [1.82, 2.24) is 4.98 Å². The number of aromatic nitrogens is 1. The summed E-state index contributed by atoms with van der Waals surface area (Å²) in [6.45, 7) is 0.292. The molecule has 0 unspecified atom stereocenters. The van der Waals surface area contributed by atoms with Crippen molar-refractivity contribution < 1.29 is 19.2 Å². The molecule has 0 atom stereocenters. The van der Waals surface area contributed by atoms with E-state index >= 15 is 0 Å². The number of methoxy groups -OCH3 is 1. The van der Waals surface area contributed by atoms with Crippen LogP contribution >= 0.6 is 0 Å². The Kier molecular flexibility index (Phi) is 5.81. The van der Waals surface area contributed by atoms with Crippen molar-refractivity contribution in [3.8, 4) is 11.5 Å². The first-order chi connectivity index (χ1) is 13.6. The number of nitro groups is 1. The number of rotatable bonds is 7. The molecule has 28 heavy (non-hydrogen) atoms. The molecule has 3 aromatic rings. The third-order valence-electron chi connectivity index (χ3n) is 3.91. The molecule has 0 aliphatic heterocycles. The highest BCUT2D eigenvalue weighted by molar-refractivity contribution is 6.07. The topological polar surface area (TPSA) is 104 Å². The molecule has 0 fully saturated rings. The van der Waals surface area contributed by atoms with Crippen LogP contribution in [0.4, 0.5) is 11.4 Å². The van der Waals surface area contributed by atoms with Gasteiger partial charge in [0.1, 0.15) is 12.2 Å². The third-order valence-corrected chi connectivity index (χ3v) is 3.91. The van der Waals surface area contributed by atoms with Crippen LogP contribution in [0.5, 0.6) is 11.5 Å². The molecule has 1 amide bonds. The number of nitro benzene ring substituents is 1. The highest BCUT2D eigenvalue weighted by Gasteiger charge is 2.19. The quantitative estimate of drug-likeness (QED) is 0.494.